The Kier molecular flexibility index (Phi) is 4.94. The zero-order valence-corrected chi connectivity index (χ0v) is 11.5. The molecule has 1 aliphatic carbocycles. The molecule has 0 heterocycles. The van der Waals surface area contributed by atoms with Crippen LogP contribution in [0, 0.1) is 11.3 Å². The molecule has 0 radical (unpaired) electrons. The molecular formula is C11H23N3O2S. The summed E-state index contributed by atoms with van der Waals surface area (Å²) in [6, 6.07) is 0. The van der Waals surface area contributed by atoms with Crippen LogP contribution < -0.4 is 5.73 Å². The molecule has 0 aromatic carbocycles. The second kappa shape index (κ2) is 5.82. The normalized spacial score (nSPS) is 19.7. The Morgan fingerprint density at radius 3 is 2.41 bits per heavy atom. The lowest BCUT2D eigenvalue weighted by atomic mass is 10.1. The average molecular weight is 261 g/mol. The Hall–Kier alpha value is -0.620. The van der Waals surface area contributed by atoms with Gasteiger partial charge in [0.25, 0.3) is 0 Å². The second-order valence-electron chi connectivity index (χ2n) is 4.76. The van der Waals surface area contributed by atoms with Gasteiger partial charge < -0.3 is 5.73 Å². The highest BCUT2D eigenvalue weighted by Gasteiger charge is 2.34. The molecule has 0 amide bonds. The fraction of sp³-hybridized carbons (Fsp3) is 0.909. The first-order valence-corrected chi connectivity index (χ1v) is 7.72. The van der Waals surface area contributed by atoms with Gasteiger partial charge >= 0.3 is 0 Å². The van der Waals surface area contributed by atoms with Crippen molar-refractivity contribution >= 4 is 15.9 Å². The zero-order valence-electron chi connectivity index (χ0n) is 10.6. The highest BCUT2D eigenvalue weighted by Crippen LogP contribution is 2.27. The summed E-state index contributed by atoms with van der Waals surface area (Å²) >= 11 is 0. The van der Waals surface area contributed by atoms with Crippen LogP contribution in [0.2, 0.25) is 0 Å². The molecule has 0 bridgehead atoms. The third-order valence-electron chi connectivity index (χ3n) is 3.44. The molecule has 0 aromatic rings. The molecule has 1 saturated carbocycles. The fourth-order valence-electron chi connectivity index (χ4n) is 2.21. The molecule has 1 atom stereocenters. The van der Waals surface area contributed by atoms with Crippen molar-refractivity contribution in [3.05, 3.63) is 0 Å². The molecule has 1 rings (SSSR count). The van der Waals surface area contributed by atoms with Crippen LogP contribution in [-0.4, -0.2) is 36.9 Å². The van der Waals surface area contributed by atoms with Gasteiger partial charge in [-0.25, -0.2) is 12.7 Å². The smallest absolute Gasteiger partial charge is 0.216 e. The summed E-state index contributed by atoms with van der Waals surface area (Å²) in [5.41, 5.74) is 5.40. The van der Waals surface area contributed by atoms with Crippen LogP contribution in [0.4, 0.5) is 0 Å². The largest absolute Gasteiger partial charge is 0.387 e. The SMILES string of the molecule is CCN(CC(C)C(=N)N)S(=O)(=O)C1CCCC1. The van der Waals surface area contributed by atoms with Gasteiger partial charge in [-0.2, -0.15) is 0 Å². The van der Waals surface area contributed by atoms with Crippen molar-refractivity contribution in [1.29, 1.82) is 5.41 Å². The topological polar surface area (TPSA) is 87.2 Å². The molecule has 1 unspecified atom stereocenters. The average Bonchev–Trinajstić information content (AvgIpc) is 2.78. The number of nitrogens with two attached hydrogens (primary N) is 1. The number of nitrogens with zero attached hydrogens (tertiary/aromatic N) is 1. The van der Waals surface area contributed by atoms with E-state index < -0.39 is 10.0 Å². The molecule has 100 valence electrons. The third-order valence-corrected chi connectivity index (χ3v) is 5.89. The van der Waals surface area contributed by atoms with Crippen LogP contribution in [-0.2, 0) is 10.0 Å². The highest BCUT2D eigenvalue weighted by atomic mass is 32.2. The molecular weight excluding hydrogens is 238 g/mol. The predicted molar refractivity (Wildman–Crippen MR) is 69.5 cm³/mol. The summed E-state index contributed by atoms with van der Waals surface area (Å²) in [5.74, 6) is -0.170. The number of hydrogen-bond donors (Lipinski definition) is 2. The number of sulfonamides is 1. The summed E-state index contributed by atoms with van der Waals surface area (Å²) in [4.78, 5) is 0. The summed E-state index contributed by atoms with van der Waals surface area (Å²) in [6.07, 6.45) is 3.55. The van der Waals surface area contributed by atoms with Crippen LogP contribution in [0.3, 0.4) is 0 Å². The third kappa shape index (κ3) is 3.42. The zero-order chi connectivity index (χ0) is 13.1. The van der Waals surface area contributed by atoms with E-state index in [1.54, 1.807) is 6.92 Å². The number of hydrogen-bond acceptors (Lipinski definition) is 3. The van der Waals surface area contributed by atoms with E-state index in [2.05, 4.69) is 0 Å². The maximum absolute atomic E-state index is 12.3. The minimum atomic E-state index is -3.20. The van der Waals surface area contributed by atoms with Crippen LogP contribution in [0.1, 0.15) is 39.5 Å². The molecule has 0 aromatic heterocycles. The Balaban J connectivity index is 2.75. The Morgan fingerprint density at radius 2 is 2.00 bits per heavy atom. The summed E-state index contributed by atoms with van der Waals surface area (Å²) in [6.45, 7) is 4.40. The Bertz CT molecular complexity index is 361. The van der Waals surface area contributed by atoms with Crippen molar-refractivity contribution in [2.45, 2.75) is 44.8 Å². The van der Waals surface area contributed by atoms with Gasteiger partial charge in [-0.05, 0) is 12.8 Å². The van der Waals surface area contributed by atoms with Gasteiger partial charge in [-0.3, -0.25) is 5.41 Å². The summed E-state index contributed by atoms with van der Waals surface area (Å²) in [5, 5.41) is 7.12. The molecule has 5 nitrogen and oxygen atoms in total. The van der Waals surface area contributed by atoms with Crippen molar-refractivity contribution in [1.82, 2.24) is 4.31 Å². The fourth-order valence-corrected chi connectivity index (χ4v) is 4.36. The summed E-state index contributed by atoms with van der Waals surface area (Å²) < 4.78 is 26.2. The van der Waals surface area contributed by atoms with Gasteiger partial charge in [0, 0.05) is 19.0 Å². The van der Waals surface area contributed by atoms with Gasteiger partial charge in [-0.1, -0.05) is 26.7 Å². The number of nitrogens with one attached hydrogen (secondary N) is 1. The van der Waals surface area contributed by atoms with E-state index in [-0.39, 0.29) is 17.0 Å². The van der Waals surface area contributed by atoms with Gasteiger partial charge in [0.05, 0.1) is 11.1 Å². The van der Waals surface area contributed by atoms with Gasteiger partial charge in [-0.15, -0.1) is 0 Å². The quantitative estimate of drug-likeness (QED) is 0.555. The molecule has 1 aliphatic rings. The molecule has 0 spiro atoms. The van der Waals surface area contributed by atoms with Crippen LogP contribution in [0.15, 0.2) is 0 Å². The minimum Gasteiger partial charge on any atom is -0.387 e. The van der Waals surface area contributed by atoms with Gasteiger partial charge in [0.15, 0.2) is 0 Å². The van der Waals surface area contributed by atoms with Crippen LogP contribution >= 0.6 is 0 Å². The van der Waals surface area contributed by atoms with Crippen molar-refractivity contribution < 1.29 is 8.42 Å². The maximum Gasteiger partial charge on any atom is 0.216 e. The number of rotatable bonds is 6. The maximum atomic E-state index is 12.3. The van der Waals surface area contributed by atoms with Crippen LogP contribution in [0.25, 0.3) is 0 Å². The van der Waals surface area contributed by atoms with E-state index in [0.717, 1.165) is 25.7 Å². The summed E-state index contributed by atoms with van der Waals surface area (Å²) in [7, 11) is -3.20. The van der Waals surface area contributed by atoms with E-state index in [4.69, 9.17) is 11.1 Å². The van der Waals surface area contributed by atoms with Crippen molar-refractivity contribution in [3.63, 3.8) is 0 Å². The molecule has 17 heavy (non-hydrogen) atoms. The molecule has 0 saturated heterocycles. The Labute approximate surface area is 104 Å². The number of amidine groups is 1. The first-order chi connectivity index (χ1) is 7.89. The monoisotopic (exact) mass is 261 g/mol. The molecule has 3 N–H and O–H groups in total. The van der Waals surface area contributed by atoms with E-state index >= 15 is 0 Å². The van der Waals surface area contributed by atoms with Crippen LogP contribution in [0.5, 0.6) is 0 Å². The first kappa shape index (κ1) is 14.4. The lowest BCUT2D eigenvalue weighted by Gasteiger charge is -2.26. The lowest BCUT2D eigenvalue weighted by Crippen LogP contribution is -2.42. The highest BCUT2D eigenvalue weighted by molar-refractivity contribution is 7.89. The molecule has 0 aliphatic heterocycles. The van der Waals surface area contributed by atoms with Gasteiger partial charge in [0.1, 0.15) is 0 Å². The first-order valence-electron chi connectivity index (χ1n) is 6.22. The molecule has 6 heteroatoms. The second-order valence-corrected chi connectivity index (χ2v) is 6.97. The van der Waals surface area contributed by atoms with Gasteiger partial charge in [0.2, 0.25) is 10.0 Å². The Morgan fingerprint density at radius 1 is 1.47 bits per heavy atom. The molecule has 1 fully saturated rings. The van der Waals surface area contributed by atoms with E-state index in [1.807, 2.05) is 6.92 Å². The van der Waals surface area contributed by atoms with E-state index in [9.17, 15) is 8.42 Å². The van der Waals surface area contributed by atoms with E-state index in [1.165, 1.54) is 4.31 Å². The van der Waals surface area contributed by atoms with E-state index in [0.29, 0.717) is 13.1 Å². The minimum absolute atomic E-state index is 0.0464. The standard InChI is InChI=1S/C11H23N3O2S/c1-3-14(8-9(2)11(12)13)17(15,16)10-6-4-5-7-10/h9-10H,3-8H2,1-2H3,(H3,12,13). The van der Waals surface area contributed by atoms with Crippen molar-refractivity contribution in [2.75, 3.05) is 13.1 Å². The van der Waals surface area contributed by atoms with Crippen molar-refractivity contribution in [3.8, 4) is 0 Å². The lowest BCUT2D eigenvalue weighted by molar-refractivity contribution is 0.396. The predicted octanol–water partition coefficient (Wildman–Crippen LogP) is 1.15. The van der Waals surface area contributed by atoms with Crippen molar-refractivity contribution in [2.24, 2.45) is 11.7 Å².